The van der Waals surface area contributed by atoms with Gasteiger partial charge in [0.15, 0.2) is 0 Å². The van der Waals surface area contributed by atoms with Crippen LogP contribution in [0.15, 0.2) is 36.5 Å². The standard InChI is InChI=1S/C24H29N3O/c1-22(2,3)26-24-13-23(14-24,15-24)18-11-20(27(4)12-18)21(28)25-19-9-8-16-6-5-7-17(16)10-19/h5,7-12,26H,6,13-15H2,1-4H3,(H,25,28). The summed E-state index contributed by atoms with van der Waals surface area (Å²) in [6.45, 7) is 6.71. The van der Waals surface area contributed by atoms with Crippen LogP contribution in [0, 0.1) is 0 Å². The van der Waals surface area contributed by atoms with Gasteiger partial charge in [0.1, 0.15) is 5.69 Å². The first-order valence-electron chi connectivity index (χ1n) is 10.2. The molecule has 4 heteroatoms. The Bertz CT molecular complexity index is 986. The van der Waals surface area contributed by atoms with E-state index in [-0.39, 0.29) is 16.9 Å². The van der Waals surface area contributed by atoms with E-state index >= 15 is 0 Å². The topological polar surface area (TPSA) is 46.1 Å². The van der Waals surface area contributed by atoms with Crippen molar-refractivity contribution in [2.24, 2.45) is 7.05 Å². The number of anilines is 1. The molecule has 3 saturated carbocycles. The van der Waals surface area contributed by atoms with E-state index in [2.05, 4.69) is 68.0 Å². The van der Waals surface area contributed by atoms with Crippen LogP contribution in [0.5, 0.6) is 0 Å². The number of hydrogen-bond donors (Lipinski definition) is 2. The molecule has 0 radical (unpaired) electrons. The van der Waals surface area contributed by atoms with Gasteiger partial charge in [0.25, 0.3) is 5.91 Å². The van der Waals surface area contributed by atoms with Crippen molar-refractivity contribution in [2.45, 2.75) is 62.9 Å². The first-order chi connectivity index (χ1) is 13.2. The summed E-state index contributed by atoms with van der Waals surface area (Å²) in [5.74, 6) is -0.0372. The summed E-state index contributed by atoms with van der Waals surface area (Å²) in [5.41, 5.74) is 6.16. The zero-order chi connectivity index (χ0) is 19.7. The van der Waals surface area contributed by atoms with Crippen LogP contribution >= 0.6 is 0 Å². The maximum Gasteiger partial charge on any atom is 0.272 e. The van der Waals surface area contributed by atoms with E-state index in [4.69, 9.17) is 0 Å². The number of hydrogen-bond acceptors (Lipinski definition) is 2. The van der Waals surface area contributed by atoms with Crippen molar-refractivity contribution in [3.05, 3.63) is 58.9 Å². The van der Waals surface area contributed by atoms with Crippen LogP contribution in [0.2, 0.25) is 0 Å². The maximum atomic E-state index is 12.9. The zero-order valence-corrected chi connectivity index (χ0v) is 17.2. The van der Waals surface area contributed by atoms with Crippen molar-refractivity contribution in [3.63, 3.8) is 0 Å². The smallest absolute Gasteiger partial charge is 0.272 e. The van der Waals surface area contributed by atoms with Crippen molar-refractivity contribution < 1.29 is 4.79 Å². The SMILES string of the molecule is Cn1cc(C23CC(NC(C)(C)C)(C2)C3)cc1C(=O)Nc1ccc2c(c1)C=CC2. The Balaban J connectivity index is 1.30. The number of aryl methyl sites for hydroxylation is 1. The molecule has 0 aliphatic heterocycles. The second-order valence-corrected chi connectivity index (χ2v) is 10.2. The third-order valence-corrected chi connectivity index (χ3v) is 6.56. The van der Waals surface area contributed by atoms with Crippen LogP contribution in [0.1, 0.15) is 67.2 Å². The maximum absolute atomic E-state index is 12.9. The second-order valence-electron chi connectivity index (χ2n) is 10.2. The van der Waals surface area contributed by atoms with E-state index < -0.39 is 0 Å². The fourth-order valence-electron chi connectivity index (χ4n) is 5.62. The Hall–Kier alpha value is -2.33. The highest BCUT2D eigenvalue weighted by Crippen LogP contribution is 2.68. The third-order valence-electron chi connectivity index (χ3n) is 6.56. The molecular weight excluding hydrogens is 346 g/mol. The Morgan fingerprint density at radius 1 is 1.14 bits per heavy atom. The quantitative estimate of drug-likeness (QED) is 0.831. The number of benzene rings is 1. The van der Waals surface area contributed by atoms with Gasteiger partial charge in [-0.3, -0.25) is 4.79 Å². The number of fused-ring (bicyclic) bond motifs is 1. The molecule has 2 aromatic rings. The van der Waals surface area contributed by atoms with Gasteiger partial charge in [0, 0.05) is 35.4 Å². The lowest BCUT2D eigenvalue weighted by atomic mass is 9.37. The number of carbonyl (C=O) groups excluding carboxylic acids is 1. The van der Waals surface area contributed by atoms with Gasteiger partial charge in [0.05, 0.1) is 0 Å². The van der Waals surface area contributed by atoms with Crippen LogP contribution in [0.4, 0.5) is 5.69 Å². The molecule has 4 aliphatic rings. The predicted octanol–water partition coefficient (Wildman–Crippen LogP) is 4.41. The van der Waals surface area contributed by atoms with Gasteiger partial charge < -0.3 is 15.2 Å². The van der Waals surface area contributed by atoms with Crippen LogP contribution in [-0.2, 0) is 18.9 Å². The molecule has 28 heavy (non-hydrogen) atoms. The van der Waals surface area contributed by atoms with Crippen LogP contribution in [0.3, 0.4) is 0 Å². The van der Waals surface area contributed by atoms with Gasteiger partial charge in [-0.05, 0) is 81.3 Å². The lowest BCUT2D eigenvalue weighted by Gasteiger charge is -2.72. The lowest BCUT2D eigenvalue weighted by Crippen LogP contribution is -2.78. The minimum Gasteiger partial charge on any atom is -0.346 e. The first-order valence-corrected chi connectivity index (χ1v) is 10.2. The minimum atomic E-state index is -0.0372. The highest BCUT2D eigenvalue weighted by atomic mass is 16.1. The summed E-state index contributed by atoms with van der Waals surface area (Å²) in [5, 5.41) is 6.87. The summed E-state index contributed by atoms with van der Waals surface area (Å²) in [4.78, 5) is 12.9. The normalized spacial score (nSPS) is 27.1. The highest BCUT2D eigenvalue weighted by Gasteiger charge is 2.69. The number of rotatable bonds is 4. The third kappa shape index (κ3) is 2.74. The molecule has 0 unspecified atom stereocenters. The molecule has 146 valence electrons. The average Bonchev–Trinajstić information content (AvgIpc) is 3.14. The van der Waals surface area contributed by atoms with Crippen molar-refractivity contribution in [3.8, 4) is 0 Å². The molecule has 0 spiro atoms. The zero-order valence-electron chi connectivity index (χ0n) is 17.2. The average molecular weight is 376 g/mol. The summed E-state index contributed by atoms with van der Waals surface area (Å²) in [7, 11) is 1.97. The Morgan fingerprint density at radius 2 is 1.89 bits per heavy atom. The van der Waals surface area contributed by atoms with Gasteiger partial charge in [-0.2, -0.15) is 0 Å². The summed E-state index contributed by atoms with van der Waals surface area (Å²) < 4.78 is 1.97. The molecule has 0 saturated heterocycles. The molecule has 4 nitrogen and oxygen atoms in total. The Morgan fingerprint density at radius 3 is 2.61 bits per heavy atom. The minimum absolute atomic E-state index is 0.0372. The molecule has 1 amide bonds. The monoisotopic (exact) mass is 375 g/mol. The largest absolute Gasteiger partial charge is 0.346 e. The molecule has 3 fully saturated rings. The van der Waals surface area contributed by atoms with Crippen LogP contribution in [-0.4, -0.2) is 21.6 Å². The number of aromatic nitrogens is 1. The number of nitrogens with zero attached hydrogens (tertiary/aromatic N) is 1. The number of allylic oxidation sites excluding steroid dienone is 1. The van der Waals surface area contributed by atoms with Gasteiger partial charge >= 0.3 is 0 Å². The molecular formula is C24H29N3O. The molecule has 4 aliphatic carbocycles. The van der Waals surface area contributed by atoms with Crippen LogP contribution in [0.25, 0.3) is 6.08 Å². The molecule has 6 rings (SSSR count). The predicted molar refractivity (Wildman–Crippen MR) is 114 cm³/mol. The Kier molecular flexibility index (Phi) is 3.55. The number of nitrogens with one attached hydrogen (secondary N) is 2. The van der Waals surface area contributed by atoms with E-state index in [0.717, 1.165) is 17.8 Å². The van der Waals surface area contributed by atoms with Crippen molar-refractivity contribution in [2.75, 3.05) is 5.32 Å². The fraction of sp³-hybridized carbons (Fsp3) is 0.458. The molecule has 2 N–H and O–H groups in total. The van der Waals surface area contributed by atoms with E-state index in [0.29, 0.717) is 5.54 Å². The van der Waals surface area contributed by atoms with Crippen LogP contribution < -0.4 is 10.6 Å². The summed E-state index contributed by atoms with van der Waals surface area (Å²) in [6, 6.07) is 8.26. The molecule has 2 bridgehead atoms. The lowest BCUT2D eigenvalue weighted by molar-refractivity contribution is -0.102. The fourth-order valence-corrected chi connectivity index (χ4v) is 5.62. The van der Waals surface area contributed by atoms with E-state index in [1.165, 1.54) is 36.0 Å². The molecule has 1 aromatic heterocycles. The van der Waals surface area contributed by atoms with Gasteiger partial charge in [0.2, 0.25) is 0 Å². The van der Waals surface area contributed by atoms with Gasteiger partial charge in [-0.25, -0.2) is 0 Å². The van der Waals surface area contributed by atoms with E-state index in [1.54, 1.807) is 0 Å². The molecule has 1 aromatic carbocycles. The van der Waals surface area contributed by atoms with Crippen molar-refractivity contribution >= 4 is 17.7 Å². The Labute approximate surface area is 167 Å². The number of carbonyl (C=O) groups is 1. The number of amides is 1. The summed E-state index contributed by atoms with van der Waals surface area (Å²) in [6.07, 6.45) is 11.0. The van der Waals surface area contributed by atoms with Gasteiger partial charge in [-0.1, -0.05) is 18.2 Å². The highest BCUT2D eigenvalue weighted by molar-refractivity contribution is 6.03. The van der Waals surface area contributed by atoms with Crippen molar-refractivity contribution in [1.82, 2.24) is 9.88 Å². The van der Waals surface area contributed by atoms with E-state index in [1.807, 2.05) is 17.7 Å². The second kappa shape index (κ2) is 5.60. The molecule has 0 atom stereocenters. The summed E-state index contributed by atoms with van der Waals surface area (Å²) >= 11 is 0. The molecule has 1 heterocycles. The first kappa shape index (κ1) is 17.7. The van der Waals surface area contributed by atoms with Crippen molar-refractivity contribution in [1.29, 1.82) is 0 Å². The van der Waals surface area contributed by atoms with E-state index in [9.17, 15) is 4.79 Å². The van der Waals surface area contributed by atoms with Gasteiger partial charge in [-0.15, -0.1) is 0 Å².